The molecule has 0 aromatic heterocycles. The molecular weight excluding hydrogens is 260 g/mol. The van der Waals surface area contributed by atoms with Gasteiger partial charge in [-0.2, -0.15) is 0 Å². The van der Waals surface area contributed by atoms with E-state index in [0.717, 1.165) is 24.2 Å². The summed E-state index contributed by atoms with van der Waals surface area (Å²) < 4.78 is 26.6. The summed E-state index contributed by atoms with van der Waals surface area (Å²) in [5.74, 6) is 0.163. The molecule has 108 valence electrons. The van der Waals surface area contributed by atoms with Crippen molar-refractivity contribution in [2.45, 2.75) is 33.2 Å². The van der Waals surface area contributed by atoms with Crippen molar-refractivity contribution >= 4 is 10.0 Å². The molecule has 0 aliphatic heterocycles. The summed E-state index contributed by atoms with van der Waals surface area (Å²) in [6.45, 7) is 7.48. The van der Waals surface area contributed by atoms with Gasteiger partial charge in [-0.25, -0.2) is 13.1 Å². The van der Waals surface area contributed by atoms with Gasteiger partial charge in [-0.1, -0.05) is 31.2 Å². The Hall–Kier alpha value is -0.910. The van der Waals surface area contributed by atoms with E-state index in [-0.39, 0.29) is 11.8 Å². The highest BCUT2D eigenvalue weighted by molar-refractivity contribution is 7.89. The molecule has 2 N–H and O–H groups in total. The van der Waals surface area contributed by atoms with Crippen LogP contribution in [0.4, 0.5) is 0 Å². The van der Waals surface area contributed by atoms with Gasteiger partial charge in [0.2, 0.25) is 10.0 Å². The first-order valence-electron chi connectivity index (χ1n) is 6.72. The molecule has 1 aromatic rings. The summed E-state index contributed by atoms with van der Waals surface area (Å²) in [5.41, 5.74) is 2.13. The molecule has 0 fully saturated rings. The van der Waals surface area contributed by atoms with Gasteiger partial charge in [-0.3, -0.25) is 0 Å². The van der Waals surface area contributed by atoms with Crippen molar-refractivity contribution in [3.05, 3.63) is 35.4 Å². The quantitative estimate of drug-likeness (QED) is 0.718. The zero-order chi connectivity index (χ0) is 14.3. The normalized spacial score (nSPS) is 13.4. The van der Waals surface area contributed by atoms with Crippen LogP contribution in [0.1, 0.15) is 37.4 Å². The average molecular weight is 284 g/mol. The molecular formula is C14H24N2O2S. The number of hydrogen-bond donors (Lipinski definition) is 2. The smallest absolute Gasteiger partial charge is 0.212 e. The maximum Gasteiger partial charge on any atom is 0.212 e. The SMILES string of the molecule is CCNCCCS(=O)(=O)NC(C)c1ccccc1C. The molecule has 1 rings (SSSR count). The predicted molar refractivity (Wildman–Crippen MR) is 79.7 cm³/mol. The van der Waals surface area contributed by atoms with Crippen LogP contribution in [0.5, 0.6) is 0 Å². The number of sulfonamides is 1. The van der Waals surface area contributed by atoms with E-state index in [2.05, 4.69) is 10.0 Å². The lowest BCUT2D eigenvalue weighted by Gasteiger charge is -2.16. The van der Waals surface area contributed by atoms with Crippen LogP contribution in [-0.2, 0) is 10.0 Å². The first-order valence-corrected chi connectivity index (χ1v) is 8.37. The predicted octanol–water partition coefficient (Wildman–Crippen LogP) is 1.98. The van der Waals surface area contributed by atoms with Crippen molar-refractivity contribution in [2.75, 3.05) is 18.8 Å². The summed E-state index contributed by atoms with van der Waals surface area (Å²) in [6.07, 6.45) is 0.629. The Bertz CT molecular complexity index is 486. The molecule has 0 spiro atoms. The molecule has 19 heavy (non-hydrogen) atoms. The summed E-state index contributed by atoms with van der Waals surface area (Å²) in [4.78, 5) is 0. The van der Waals surface area contributed by atoms with Crippen LogP contribution in [0.3, 0.4) is 0 Å². The van der Waals surface area contributed by atoms with Gasteiger partial charge in [0.05, 0.1) is 5.75 Å². The second-order valence-electron chi connectivity index (χ2n) is 4.72. The average Bonchev–Trinajstić information content (AvgIpc) is 2.34. The minimum absolute atomic E-state index is 0.163. The zero-order valence-corrected chi connectivity index (χ0v) is 12.8. The van der Waals surface area contributed by atoms with E-state index in [0.29, 0.717) is 6.42 Å². The Morgan fingerprint density at radius 1 is 1.26 bits per heavy atom. The molecule has 0 aliphatic rings. The van der Waals surface area contributed by atoms with Gasteiger partial charge in [-0.05, 0) is 44.5 Å². The Kier molecular flexibility index (Phi) is 6.48. The van der Waals surface area contributed by atoms with Gasteiger partial charge in [0.15, 0.2) is 0 Å². The monoisotopic (exact) mass is 284 g/mol. The minimum Gasteiger partial charge on any atom is -0.317 e. The molecule has 0 heterocycles. The standard InChI is InChI=1S/C14H24N2O2S/c1-4-15-10-7-11-19(17,18)16-13(3)14-9-6-5-8-12(14)2/h5-6,8-9,13,15-16H,4,7,10-11H2,1-3H3. The van der Waals surface area contributed by atoms with Crippen LogP contribution in [-0.4, -0.2) is 27.3 Å². The number of rotatable bonds is 8. The molecule has 0 saturated carbocycles. The van der Waals surface area contributed by atoms with Crippen LogP contribution in [0.25, 0.3) is 0 Å². The summed E-state index contributed by atoms with van der Waals surface area (Å²) in [7, 11) is -3.22. The summed E-state index contributed by atoms with van der Waals surface area (Å²) >= 11 is 0. The zero-order valence-electron chi connectivity index (χ0n) is 11.9. The van der Waals surface area contributed by atoms with E-state index in [4.69, 9.17) is 0 Å². The molecule has 0 saturated heterocycles. The van der Waals surface area contributed by atoms with Crippen LogP contribution in [0.15, 0.2) is 24.3 Å². The van der Waals surface area contributed by atoms with Crippen molar-refractivity contribution in [3.8, 4) is 0 Å². The van der Waals surface area contributed by atoms with Gasteiger partial charge in [0, 0.05) is 6.04 Å². The van der Waals surface area contributed by atoms with E-state index in [9.17, 15) is 8.42 Å². The molecule has 4 nitrogen and oxygen atoms in total. The Balaban J connectivity index is 2.56. The first-order chi connectivity index (χ1) is 8.96. The van der Waals surface area contributed by atoms with Gasteiger partial charge in [0.1, 0.15) is 0 Å². The van der Waals surface area contributed by atoms with E-state index >= 15 is 0 Å². The molecule has 0 radical (unpaired) electrons. The lowest BCUT2D eigenvalue weighted by atomic mass is 10.0. The van der Waals surface area contributed by atoms with Gasteiger partial charge in [0.25, 0.3) is 0 Å². The molecule has 0 aliphatic carbocycles. The molecule has 5 heteroatoms. The number of benzene rings is 1. The van der Waals surface area contributed by atoms with Gasteiger partial charge < -0.3 is 5.32 Å². The molecule has 1 unspecified atom stereocenters. The van der Waals surface area contributed by atoms with E-state index < -0.39 is 10.0 Å². The van der Waals surface area contributed by atoms with E-state index in [1.165, 1.54) is 0 Å². The fourth-order valence-corrected chi connectivity index (χ4v) is 3.34. The Morgan fingerprint density at radius 2 is 1.95 bits per heavy atom. The molecule has 0 amide bonds. The van der Waals surface area contributed by atoms with Crippen molar-refractivity contribution in [1.29, 1.82) is 0 Å². The highest BCUT2D eigenvalue weighted by Gasteiger charge is 2.16. The second kappa shape index (κ2) is 7.62. The molecule has 1 atom stereocenters. The lowest BCUT2D eigenvalue weighted by Crippen LogP contribution is -2.30. The van der Waals surface area contributed by atoms with Crippen molar-refractivity contribution in [1.82, 2.24) is 10.0 Å². The maximum atomic E-state index is 11.9. The van der Waals surface area contributed by atoms with Crippen molar-refractivity contribution in [2.24, 2.45) is 0 Å². The van der Waals surface area contributed by atoms with E-state index in [1.54, 1.807) is 0 Å². The largest absolute Gasteiger partial charge is 0.317 e. The van der Waals surface area contributed by atoms with Crippen molar-refractivity contribution in [3.63, 3.8) is 0 Å². The van der Waals surface area contributed by atoms with Crippen molar-refractivity contribution < 1.29 is 8.42 Å². The Morgan fingerprint density at radius 3 is 2.58 bits per heavy atom. The maximum absolute atomic E-state index is 11.9. The highest BCUT2D eigenvalue weighted by Crippen LogP contribution is 2.17. The van der Waals surface area contributed by atoms with Crippen LogP contribution < -0.4 is 10.0 Å². The van der Waals surface area contributed by atoms with Gasteiger partial charge in [-0.15, -0.1) is 0 Å². The van der Waals surface area contributed by atoms with E-state index in [1.807, 2.05) is 45.0 Å². The Labute approximate surface area is 116 Å². The number of hydrogen-bond acceptors (Lipinski definition) is 3. The lowest BCUT2D eigenvalue weighted by molar-refractivity contribution is 0.561. The molecule has 0 bridgehead atoms. The minimum atomic E-state index is -3.22. The number of aryl methyl sites for hydroxylation is 1. The fraction of sp³-hybridized carbons (Fsp3) is 0.571. The summed E-state index contributed by atoms with van der Waals surface area (Å²) in [6, 6.07) is 7.65. The van der Waals surface area contributed by atoms with Crippen LogP contribution in [0, 0.1) is 6.92 Å². The number of nitrogens with one attached hydrogen (secondary N) is 2. The third-order valence-electron chi connectivity index (χ3n) is 3.03. The van der Waals surface area contributed by atoms with Crippen LogP contribution in [0.2, 0.25) is 0 Å². The fourth-order valence-electron chi connectivity index (χ4n) is 2.03. The van der Waals surface area contributed by atoms with Crippen LogP contribution >= 0.6 is 0 Å². The molecule has 1 aromatic carbocycles. The third-order valence-corrected chi connectivity index (χ3v) is 4.57. The second-order valence-corrected chi connectivity index (χ2v) is 6.60. The van der Waals surface area contributed by atoms with Gasteiger partial charge >= 0.3 is 0 Å². The topological polar surface area (TPSA) is 58.2 Å². The first kappa shape index (κ1) is 16.1. The highest BCUT2D eigenvalue weighted by atomic mass is 32.2. The third kappa shape index (κ3) is 5.72. The summed E-state index contributed by atoms with van der Waals surface area (Å²) in [5, 5.41) is 3.12.